The number of fused-ring (bicyclic) bond motifs is 1. The Labute approximate surface area is 178 Å². The van der Waals surface area contributed by atoms with Gasteiger partial charge < -0.3 is 25.8 Å². The summed E-state index contributed by atoms with van der Waals surface area (Å²) in [6, 6.07) is 10.6. The Hall–Kier alpha value is -4.25. The van der Waals surface area contributed by atoms with Gasteiger partial charge >= 0.3 is 12.0 Å². The van der Waals surface area contributed by atoms with Crippen LogP contribution in [-0.4, -0.2) is 37.2 Å². The number of anilines is 1. The number of para-hydroxylation sites is 1. The molecule has 0 aliphatic heterocycles. The van der Waals surface area contributed by atoms with Gasteiger partial charge in [-0.3, -0.25) is 9.78 Å². The number of pyridine rings is 1. The summed E-state index contributed by atoms with van der Waals surface area (Å²) in [5, 5.41) is 26.7. The van der Waals surface area contributed by atoms with Gasteiger partial charge in [-0.1, -0.05) is 18.2 Å². The summed E-state index contributed by atoms with van der Waals surface area (Å²) in [5.41, 5.74) is 0.232. The van der Waals surface area contributed by atoms with Gasteiger partial charge in [0.1, 0.15) is 0 Å². The maximum Gasteiger partial charge on any atom is 0.358 e. The van der Waals surface area contributed by atoms with Gasteiger partial charge in [-0.15, -0.1) is 11.3 Å². The average molecular weight is 437 g/mol. The lowest BCUT2D eigenvalue weighted by molar-refractivity contribution is 0.0686. The predicted octanol–water partition coefficient (Wildman–Crippen LogP) is 2.77. The minimum atomic E-state index is -1.54. The fraction of sp³-hybridized carbons (Fsp3) is 0.0500. The minimum Gasteiger partial charge on any atom is -0.501 e. The molecule has 0 aliphatic rings. The molecule has 156 valence electrons. The van der Waals surface area contributed by atoms with Crippen molar-refractivity contribution in [1.82, 2.24) is 20.3 Å². The molecule has 0 bridgehead atoms. The summed E-state index contributed by atoms with van der Waals surface area (Å²) >= 11 is 1.14. The van der Waals surface area contributed by atoms with Crippen molar-refractivity contribution in [3.63, 3.8) is 0 Å². The molecule has 0 unspecified atom stereocenters. The van der Waals surface area contributed by atoms with E-state index in [0.717, 1.165) is 27.8 Å². The molecule has 0 spiro atoms. The summed E-state index contributed by atoms with van der Waals surface area (Å²) < 4.78 is 0. The van der Waals surface area contributed by atoms with E-state index >= 15 is 0 Å². The molecule has 31 heavy (non-hydrogen) atoms. The number of rotatable bonds is 5. The minimum absolute atomic E-state index is 0.0794. The van der Waals surface area contributed by atoms with E-state index in [9.17, 15) is 19.5 Å². The van der Waals surface area contributed by atoms with Crippen LogP contribution >= 0.6 is 11.3 Å². The number of carboxylic acid groups (broad SMARTS) is 1. The maximum atomic E-state index is 12.4. The van der Waals surface area contributed by atoms with E-state index in [2.05, 4.69) is 25.6 Å². The molecule has 0 atom stereocenters. The van der Waals surface area contributed by atoms with Crippen LogP contribution in [-0.2, 0) is 6.54 Å². The number of carbonyl (C=O) groups excluding carboxylic acids is 1. The Morgan fingerprint density at radius 2 is 2.00 bits per heavy atom. The number of hydrogen-bond donors (Lipinski definition) is 5. The number of carboxylic acids is 1. The molecule has 0 saturated heterocycles. The highest BCUT2D eigenvalue weighted by molar-refractivity contribution is 7.14. The molecule has 3 heterocycles. The van der Waals surface area contributed by atoms with E-state index < -0.39 is 29.0 Å². The Balaban J connectivity index is 1.49. The molecule has 1 aromatic carbocycles. The van der Waals surface area contributed by atoms with Gasteiger partial charge in [0, 0.05) is 18.1 Å². The van der Waals surface area contributed by atoms with Gasteiger partial charge in [-0.25, -0.2) is 14.6 Å². The van der Waals surface area contributed by atoms with Gasteiger partial charge in [0.15, 0.2) is 11.5 Å². The number of aromatic amines is 1. The zero-order valence-corrected chi connectivity index (χ0v) is 16.6. The van der Waals surface area contributed by atoms with E-state index in [1.54, 1.807) is 17.6 Å². The number of carbonyl (C=O) groups is 2. The van der Waals surface area contributed by atoms with Crippen LogP contribution in [0.15, 0.2) is 52.8 Å². The van der Waals surface area contributed by atoms with Crippen molar-refractivity contribution in [2.45, 2.75) is 6.54 Å². The standard InChI is InChI=1S/C20H15N5O5S/c26-15-14(19(28)29)24-17(25-18(15)27)16-13(5-6-31-16)23-20(30)22-9-10-7-11-3-1-2-4-12(11)21-8-10/h1-8,26H,9H2,(H,28,29)(H2,22,23,30)(H,24,25,27). The molecule has 0 radical (unpaired) electrons. The first-order valence-electron chi connectivity index (χ1n) is 8.95. The van der Waals surface area contributed by atoms with Crippen molar-refractivity contribution >= 4 is 39.9 Å². The summed E-state index contributed by atoms with van der Waals surface area (Å²) in [7, 11) is 0. The molecule has 2 amide bonds. The number of aromatic carboxylic acids is 1. The molecule has 4 rings (SSSR count). The maximum absolute atomic E-state index is 12.4. The summed E-state index contributed by atoms with van der Waals surface area (Å²) in [4.78, 5) is 46.2. The topological polar surface area (TPSA) is 157 Å². The number of aromatic hydroxyl groups is 1. The summed E-state index contributed by atoms with van der Waals surface area (Å²) in [6.45, 7) is 0.237. The summed E-state index contributed by atoms with van der Waals surface area (Å²) in [5.74, 6) is -2.61. The van der Waals surface area contributed by atoms with Crippen molar-refractivity contribution in [3.05, 3.63) is 69.6 Å². The number of thiophene rings is 1. The predicted molar refractivity (Wildman–Crippen MR) is 114 cm³/mol. The fourth-order valence-corrected chi connectivity index (χ4v) is 3.67. The highest BCUT2D eigenvalue weighted by Gasteiger charge is 2.20. The van der Waals surface area contributed by atoms with Crippen LogP contribution < -0.4 is 16.2 Å². The van der Waals surface area contributed by atoms with Gasteiger partial charge in [-0.2, -0.15) is 0 Å². The monoisotopic (exact) mass is 437 g/mol. The smallest absolute Gasteiger partial charge is 0.358 e. The number of benzene rings is 1. The number of nitrogens with zero attached hydrogens (tertiary/aromatic N) is 2. The molecule has 11 heteroatoms. The van der Waals surface area contributed by atoms with Crippen LogP contribution in [0.5, 0.6) is 5.75 Å². The quantitative estimate of drug-likeness (QED) is 0.321. The first kappa shape index (κ1) is 20.0. The van der Waals surface area contributed by atoms with Crippen molar-refractivity contribution in [2.24, 2.45) is 0 Å². The second-order valence-electron chi connectivity index (χ2n) is 6.42. The van der Waals surface area contributed by atoms with E-state index in [1.807, 2.05) is 30.3 Å². The lowest BCUT2D eigenvalue weighted by Crippen LogP contribution is -2.28. The average Bonchev–Trinajstić information content (AvgIpc) is 3.21. The molecular weight excluding hydrogens is 422 g/mol. The van der Waals surface area contributed by atoms with Gasteiger partial charge in [0.2, 0.25) is 5.75 Å². The van der Waals surface area contributed by atoms with Crippen molar-refractivity contribution in [3.8, 4) is 16.5 Å². The lowest BCUT2D eigenvalue weighted by Gasteiger charge is -2.09. The Morgan fingerprint density at radius 3 is 2.81 bits per heavy atom. The van der Waals surface area contributed by atoms with Crippen molar-refractivity contribution < 1.29 is 19.8 Å². The number of amides is 2. The number of aromatic nitrogens is 3. The second-order valence-corrected chi connectivity index (χ2v) is 7.34. The van der Waals surface area contributed by atoms with E-state index in [0.29, 0.717) is 10.6 Å². The molecule has 5 N–H and O–H groups in total. The lowest BCUT2D eigenvalue weighted by atomic mass is 10.1. The zero-order chi connectivity index (χ0) is 22.0. The Kier molecular flexibility index (Phi) is 5.33. The Morgan fingerprint density at radius 1 is 1.19 bits per heavy atom. The molecule has 10 nitrogen and oxygen atoms in total. The van der Waals surface area contributed by atoms with E-state index in [4.69, 9.17) is 5.11 Å². The van der Waals surface area contributed by atoms with E-state index in [1.165, 1.54) is 0 Å². The highest BCUT2D eigenvalue weighted by Crippen LogP contribution is 2.31. The van der Waals surface area contributed by atoms with Crippen LogP contribution in [0.4, 0.5) is 10.5 Å². The first-order valence-corrected chi connectivity index (χ1v) is 9.83. The van der Waals surface area contributed by atoms with Crippen LogP contribution in [0.2, 0.25) is 0 Å². The van der Waals surface area contributed by atoms with Crippen molar-refractivity contribution in [2.75, 3.05) is 5.32 Å². The third kappa shape index (κ3) is 4.21. The van der Waals surface area contributed by atoms with Crippen LogP contribution in [0, 0.1) is 0 Å². The SMILES string of the molecule is O=C(NCc1cnc2ccccc2c1)Nc1ccsc1-c1nc(C(=O)O)c(O)c(=O)[nH]1. The number of nitrogens with one attached hydrogen (secondary N) is 3. The molecule has 0 aliphatic carbocycles. The third-order valence-corrected chi connectivity index (χ3v) is 5.25. The van der Waals surface area contributed by atoms with Crippen LogP contribution in [0.25, 0.3) is 21.6 Å². The molecule has 0 saturated carbocycles. The van der Waals surface area contributed by atoms with Gasteiger partial charge in [-0.05, 0) is 29.1 Å². The first-order chi connectivity index (χ1) is 14.9. The molecule has 0 fully saturated rings. The second kappa shape index (κ2) is 8.24. The van der Waals surface area contributed by atoms with Crippen molar-refractivity contribution in [1.29, 1.82) is 0 Å². The molecular formula is C20H15N5O5S. The van der Waals surface area contributed by atoms with Gasteiger partial charge in [0.05, 0.1) is 16.1 Å². The summed E-state index contributed by atoms with van der Waals surface area (Å²) in [6.07, 6.45) is 1.68. The number of urea groups is 1. The van der Waals surface area contributed by atoms with Crippen LogP contribution in [0.3, 0.4) is 0 Å². The van der Waals surface area contributed by atoms with Crippen LogP contribution in [0.1, 0.15) is 16.1 Å². The Bertz CT molecular complexity index is 1360. The fourth-order valence-electron chi connectivity index (χ4n) is 2.88. The highest BCUT2D eigenvalue weighted by atomic mass is 32.1. The zero-order valence-electron chi connectivity index (χ0n) is 15.7. The van der Waals surface area contributed by atoms with E-state index in [-0.39, 0.29) is 12.4 Å². The third-order valence-electron chi connectivity index (χ3n) is 4.33. The molecule has 3 aromatic heterocycles. The number of hydrogen-bond acceptors (Lipinski definition) is 7. The normalized spacial score (nSPS) is 10.7. The largest absolute Gasteiger partial charge is 0.501 e. The van der Waals surface area contributed by atoms with Gasteiger partial charge in [0.25, 0.3) is 5.56 Å². The number of H-pyrrole nitrogens is 1. The molecule has 4 aromatic rings.